The van der Waals surface area contributed by atoms with Gasteiger partial charge in [0.25, 0.3) is 0 Å². The van der Waals surface area contributed by atoms with Crippen molar-refractivity contribution in [2.45, 2.75) is 12.8 Å². The number of fused-ring (bicyclic) bond motifs is 1. The minimum atomic E-state index is -0.743. The molecule has 0 unspecified atom stereocenters. The van der Waals surface area contributed by atoms with Crippen molar-refractivity contribution >= 4 is 17.7 Å². The fourth-order valence-corrected chi connectivity index (χ4v) is 2.44. The van der Waals surface area contributed by atoms with E-state index in [4.69, 9.17) is 9.84 Å². The van der Waals surface area contributed by atoms with E-state index in [1.54, 1.807) is 0 Å². The van der Waals surface area contributed by atoms with Crippen LogP contribution in [-0.2, 0) is 17.6 Å². The predicted molar refractivity (Wildman–Crippen MR) is 64.3 cm³/mol. The Balaban J connectivity index is 1.83. The molecule has 0 aliphatic carbocycles. The number of benzene rings is 1. The van der Waals surface area contributed by atoms with E-state index in [0.717, 1.165) is 31.0 Å². The van der Waals surface area contributed by atoms with E-state index in [0.29, 0.717) is 0 Å². The van der Waals surface area contributed by atoms with Gasteiger partial charge in [-0.1, -0.05) is 12.1 Å². The van der Waals surface area contributed by atoms with Gasteiger partial charge in [0.1, 0.15) is 5.75 Å². The predicted octanol–water partition coefficient (Wildman–Crippen LogP) is 1.98. The summed E-state index contributed by atoms with van der Waals surface area (Å²) in [4.78, 5) is 10.3. The largest absolute Gasteiger partial charge is 0.493 e. The number of hydrogen-bond donors (Lipinski definition) is 1. The molecule has 0 amide bonds. The fraction of sp³-hybridized carbons (Fsp3) is 0.417. The number of carboxylic acids is 1. The van der Waals surface area contributed by atoms with Gasteiger partial charge < -0.3 is 9.84 Å². The number of aryl methyl sites for hydroxylation is 1. The van der Waals surface area contributed by atoms with Crippen LogP contribution in [-0.4, -0.2) is 29.2 Å². The summed E-state index contributed by atoms with van der Waals surface area (Å²) in [6.45, 7) is 0.784. The first-order valence-corrected chi connectivity index (χ1v) is 6.45. The van der Waals surface area contributed by atoms with E-state index in [1.807, 2.05) is 6.07 Å². The lowest BCUT2D eigenvalue weighted by atomic mass is 10.1. The minimum Gasteiger partial charge on any atom is -0.493 e. The molecular formula is C12H14O3S. The lowest BCUT2D eigenvalue weighted by Gasteiger charge is -2.03. The Labute approximate surface area is 98.8 Å². The normalized spacial score (nSPS) is 13.2. The quantitative estimate of drug-likeness (QED) is 0.797. The van der Waals surface area contributed by atoms with E-state index in [-0.39, 0.29) is 5.75 Å². The van der Waals surface area contributed by atoms with Crippen LogP contribution in [0.4, 0.5) is 0 Å². The van der Waals surface area contributed by atoms with Gasteiger partial charge in [-0.25, -0.2) is 0 Å². The van der Waals surface area contributed by atoms with Crippen molar-refractivity contribution in [2.75, 3.05) is 18.1 Å². The van der Waals surface area contributed by atoms with E-state index in [9.17, 15) is 4.79 Å². The average Bonchev–Trinajstić information content (AvgIpc) is 2.71. The molecule has 0 saturated heterocycles. The summed E-state index contributed by atoms with van der Waals surface area (Å²) in [7, 11) is 0. The molecule has 0 atom stereocenters. The van der Waals surface area contributed by atoms with Gasteiger partial charge in [0, 0.05) is 6.42 Å². The van der Waals surface area contributed by atoms with Crippen LogP contribution in [0.1, 0.15) is 11.1 Å². The second kappa shape index (κ2) is 5.25. The highest BCUT2D eigenvalue weighted by molar-refractivity contribution is 7.99. The lowest BCUT2D eigenvalue weighted by Crippen LogP contribution is -2.00. The summed E-state index contributed by atoms with van der Waals surface area (Å²) < 4.78 is 5.43. The van der Waals surface area contributed by atoms with Crippen LogP contribution in [0.15, 0.2) is 18.2 Å². The van der Waals surface area contributed by atoms with Crippen LogP contribution >= 0.6 is 11.8 Å². The molecule has 16 heavy (non-hydrogen) atoms. The molecule has 0 aromatic heterocycles. The van der Waals surface area contributed by atoms with E-state index in [1.165, 1.54) is 22.9 Å². The molecule has 86 valence electrons. The average molecular weight is 238 g/mol. The maximum Gasteiger partial charge on any atom is 0.313 e. The number of thioether (sulfide) groups is 1. The molecule has 1 N–H and O–H groups in total. The maximum atomic E-state index is 10.3. The number of carboxylic acid groups (broad SMARTS) is 1. The molecule has 1 heterocycles. The summed E-state index contributed by atoms with van der Waals surface area (Å²) in [6, 6.07) is 6.24. The summed E-state index contributed by atoms with van der Waals surface area (Å²) in [5, 5.41) is 8.50. The third-order valence-electron chi connectivity index (χ3n) is 2.51. The van der Waals surface area contributed by atoms with Crippen molar-refractivity contribution < 1.29 is 14.6 Å². The summed E-state index contributed by atoms with van der Waals surface area (Å²) in [6.07, 6.45) is 1.91. The fourth-order valence-electron chi connectivity index (χ4n) is 1.74. The third kappa shape index (κ3) is 2.92. The summed E-state index contributed by atoms with van der Waals surface area (Å²) in [5.74, 6) is 1.30. The second-order valence-electron chi connectivity index (χ2n) is 3.74. The van der Waals surface area contributed by atoms with E-state index in [2.05, 4.69) is 12.1 Å². The first-order chi connectivity index (χ1) is 7.75. The van der Waals surface area contributed by atoms with Gasteiger partial charge in [0.15, 0.2) is 0 Å². The highest BCUT2D eigenvalue weighted by atomic mass is 32.2. The van der Waals surface area contributed by atoms with Gasteiger partial charge in [-0.3, -0.25) is 4.79 Å². The minimum absolute atomic E-state index is 0.189. The van der Waals surface area contributed by atoms with Crippen molar-refractivity contribution in [3.05, 3.63) is 29.3 Å². The smallest absolute Gasteiger partial charge is 0.313 e. The number of ether oxygens (including phenoxy) is 1. The van der Waals surface area contributed by atoms with Crippen molar-refractivity contribution in [3.63, 3.8) is 0 Å². The van der Waals surface area contributed by atoms with Crippen molar-refractivity contribution in [1.29, 1.82) is 0 Å². The first kappa shape index (κ1) is 11.3. The zero-order valence-electron chi connectivity index (χ0n) is 8.94. The molecule has 0 bridgehead atoms. The summed E-state index contributed by atoms with van der Waals surface area (Å²) in [5.41, 5.74) is 2.54. The van der Waals surface area contributed by atoms with Gasteiger partial charge in [-0.15, -0.1) is 11.8 Å². The molecular weight excluding hydrogens is 224 g/mol. The van der Waals surface area contributed by atoms with Crippen molar-refractivity contribution in [2.24, 2.45) is 0 Å². The van der Waals surface area contributed by atoms with Gasteiger partial charge in [-0.05, 0) is 29.4 Å². The number of aliphatic carboxylic acids is 1. The Bertz CT molecular complexity index is 390. The van der Waals surface area contributed by atoms with Crippen molar-refractivity contribution in [1.82, 2.24) is 0 Å². The molecule has 1 aliphatic rings. The highest BCUT2D eigenvalue weighted by Gasteiger charge is 2.11. The summed E-state index contributed by atoms with van der Waals surface area (Å²) >= 11 is 1.46. The van der Waals surface area contributed by atoms with Gasteiger partial charge in [-0.2, -0.15) is 0 Å². The lowest BCUT2D eigenvalue weighted by molar-refractivity contribution is -0.133. The number of hydrogen-bond acceptors (Lipinski definition) is 3. The molecule has 0 saturated carbocycles. The monoisotopic (exact) mass is 238 g/mol. The standard InChI is InChI=1S/C12H14O3S/c13-12(14)8-16-6-4-9-1-2-11-10(7-9)3-5-15-11/h1-2,7H,3-6,8H2,(H,13,14). The van der Waals surface area contributed by atoms with Crippen molar-refractivity contribution in [3.8, 4) is 5.75 Å². The molecule has 4 heteroatoms. The maximum absolute atomic E-state index is 10.3. The first-order valence-electron chi connectivity index (χ1n) is 5.30. The molecule has 3 nitrogen and oxygen atoms in total. The van der Waals surface area contributed by atoms with Crippen LogP contribution < -0.4 is 4.74 Å². The number of carbonyl (C=O) groups is 1. The Morgan fingerprint density at radius 2 is 2.38 bits per heavy atom. The van der Waals surface area contributed by atoms with Gasteiger partial charge >= 0.3 is 5.97 Å². The topological polar surface area (TPSA) is 46.5 Å². The zero-order valence-corrected chi connectivity index (χ0v) is 9.76. The molecule has 1 aliphatic heterocycles. The van der Waals surface area contributed by atoms with Gasteiger partial charge in [0.2, 0.25) is 0 Å². The molecule has 0 fully saturated rings. The Morgan fingerprint density at radius 3 is 3.19 bits per heavy atom. The van der Waals surface area contributed by atoms with Gasteiger partial charge in [0.05, 0.1) is 12.4 Å². The Morgan fingerprint density at radius 1 is 1.50 bits per heavy atom. The highest BCUT2D eigenvalue weighted by Crippen LogP contribution is 2.26. The van der Waals surface area contributed by atoms with Crippen LogP contribution in [0.2, 0.25) is 0 Å². The Hall–Kier alpha value is -1.16. The van der Waals surface area contributed by atoms with Crippen LogP contribution in [0.3, 0.4) is 0 Å². The van der Waals surface area contributed by atoms with E-state index < -0.39 is 5.97 Å². The molecule has 1 aromatic carbocycles. The zero-order chi connectivity index (χ0) is 11.4. The molecule has 0 spiro atoms. The second-order valence-corrected chi connectivity index (χ2v) is 4.84. The van der Waals surface area contributed by atoms with Crippen LogP contribution in [0.5, 0.6) is 5.75 Å². The molecule has 1 aromatic rings. The SMILES string of the molecule is O=C(O)CSCCc1ccc2c(c1)CCO2. The Kier molecular flexibility index (Phi) is 3.72. The van der Waals surface area contributed by atoms with E-state index >= 15 is 0 Å². The molecule has 0 radical (unpaired) electrons. The van der Waals surface area contributed by atoms with Crippen LogP contribution in [0.25, 0.3) is 0 Å². The third-order valence-corrected chi connectivity index (χ3v) is 3.46. The number of rotatable bonds is 5. The van der Waals surface area contributed by atoms with Crippen LogP contribution in [0, 0.1) is 0 Å². The molecule has 2 rings (SSSR count).